The minimum atomic E-state index is -1.24. The lowest BCUT2D eigenvalue weighted by atomic mass is 9.87. The van der Waals surface area contributed by atoms with Gasteiger partial charge in [-0.1, -0.05) is 36.3 Å². The second kappa shape index (κ2) is 4.69. The molecule has 2 rings (SSSR count). The maximum Gasteiger partial charge on any atom is 0.350 e. The van der Waals surface area contributed by atoms with E-state index in [1.807, 2.05) is 18.2 Å². The minimum absolute atomic E-state index is 0.434. The Morgan fingerprint density at radius 2 is 2.05 bits per heavy atom. The molecule has 0 amide bonds. The molecule has 0 radical (unpaired) electrons. The van der Waals surface area contributed by atoms with Crippen LogP contribution < -0.4 is 0 Å². The Balaban J connectivity index is 2.32. The van der Waals surface area contributed by atoms with Crippen LogP contribution in [-0.2, 0) is 24.9 Å². The van der Waals surface area contributed by atoms with Crippen molar-refractivity contribution in [2.45, 2.75) is 38.1 Å². The zero-order chi connectivity index (χ0) is 14.1. The van der Waals surface area contributed by atoms with Crippen molar-refractivity contribution in [3.05, 3.63) is 35.9 Å². The highest BCUT2D eigenvalue weighted by atomic mass is 17.3. The zero-order valence-electron chi connectivity index (χ0n) is 11.2. The molecule has 0 saturated carbocycles. The molecule has 0 aliphatic carbocycles. The van der Waals surface area contributed by atoms with E-state index in [-0.39, 0.29) is 0 Å². The zero-order valence-corrected chi connectivity index (χ0v) is 11.2. The highest BCUT2D eigenvalue weighted by molar-refractivity contribution is 5.83. The van der Waals surface area contributed by atoms with Crippen LogP contribution in [0.25, 0.3) is 0 Å². The molecule has 19 heavy (non-hydrogen) atoms. The third kappa shape index (κ3) is 2.23. The topological polar surface area (TPSA) is 44.8 Å². The van der Waals surface area contributed by atoms with E-state index in [1.54, 1.807) is 32.9 Å². The first kappa shape index (κ1) is 13.6. The maximum atomic E-state index is 12.4. The van der Waals surface area contributed by atoms with Crippen LogP contribution in [0.2, 0.25) is 0 Å². The van der Waals surface area contributed by atoms with Crippen LogP contribution in [0.4, 0.5) is 0 Å². The summed E-state index contributed by atoms with van der Waals surface area (Å²) in [5.41, 5.74) is -1.54. The van der Waals surface area contributed by atoms with Crippen LogP contribution in [0, 0.1) is 12.3 Å². The molecule has 2 atom stereocenters. The summed E-state index contributed by atoms with van der Waals surface area (Å²) in [6, 6.07) is 9.10. The van der Waals surface area contributed by atoms with Crippen molar-refractivity contribution in [1.82, 2.24) is 0 Å². The molecule has 0 aromatic heterocycles. The highest BCUT2D eigenvalue weighted by Crippen LogP contribution is 2.41. The Hall–Kier alpha value is -1.83. The Morgan fingerprint density at radius 3 is 2.47 bits per heavy atom. The molecule has 100 valence electrons. The molecule has 0 bridgehead atoms. The van der Waals surface area contributed by atoms with E-state index >= 15 is 0 Å². The minimum Gasteiger partial charge on any atom is -0.444 e. The molecule has 2 unspecified atom stereocenters. The van der Waals surface area contributed by atoms with Gasteiger partial charge in [0.25, 0.3) is 5.60 Å². The van der Waals surface area contributed by atoms with Gasteiger partial charge in [-0.05, 0) is 20.8 Å². The van der Waals surface area contributed by atoms with Crippen LogP contribution in [0.5, 0.6) is 0 Å². The molecule has 4 heteroatoms. The average molecular weight is 260 g/mol. The van der Waals surface area contributed by atoms with E-state index in [9.17, 15) is 4.79 Å². The first-order chi connectivity index (χ1) is 8.92. The van der Waals surface area contributed by atoms with E-state index in [0.717, 1.165) is 0 Å². The summed E-state index contributed by atoms with van der Waals surface area (Å²) in [5.74, 6) is 1.88. The fourth-order valence-electron chi connectivity index (χ4n) is 1.86. The first-order valence-corrected chi connectivity index (χ1v) is 6.03. The SMILES string of the molecule is C#CC(C)(C)OC(=O)C1(c2ccccc2)OOC1C. The van der Waals surface area contributed by atoms with Crippen LogP contribution in [-0.4, -0.2) is 17.7 Å². The quantitative estimate of drug-likeness (QED) is 0.475. The van der Waals surface area contributed by atoms with Gasteiger partial charge in [-0.25, -0.2) is 14.6 Å². The van der Waals surface area contributed by atoms with Gasteiger partial charge in [-0.15, -0.1) is 6.42 Å². The molecule has 4 nitrogen and oxygen atoms in total. The van der Waals surface area contributed by atoms with Gasteiger partial charge in [0, 0.05) is 5.56 Å². The summed E-state index contributed by atoms with van der Waals surface area (Å²) < 4.78 is 5.34. The van der Waals surface area contributed by atoms with Crippen molar-refractivity contribution >= 4 is 5.97 Å². The summed E-state index contributed by atoms with van der Waals surface area (Å²) in [5, 5.41) is 0. The van der Waals surface area contributed by atoms with Crippen molar-refractivity contribution < 1.29 is 19.3 Å². The van der Waals surface area contributed by atoms with Gasteiger partial charge in [-0.3, -0.25) is 0 Å². The lowest BCUT2D eigenvalue weighted by Crippen LogP contribution is -2.59. The number of benzene rings is 1. The fraction of sp³-hybridized carbons (Fsp3) is 0.400. The average Bonchev–Trinajstić information content (AvgIpc) is 2.38. The van der Waals surface area contributed by atoms with Crippen LogP contribution in [0.1, 0.15) is 26.3 Å². The van der Waals surface area contributed by atoms with Crippen LogP contribution >= 0.6 is 0 Å². The summed E-state index contributed by atoms with van der Waals surface area (Å²) >= 11 is 0. The predicted octanol–water partition coefficient (Wildman–Crippen LogP) is 2.19. The van der Waals surface area contributed by atoms with E-state index in [2.05, 4.69) is 5.92 Å². The van der Waals surface area contributed by atoms with Gasteiger partial charge in [0.1, 0.15) is 6.10 Å². The molecule has 1 saturated heterocycles. The highest BCUT2D eigenvalue weighted by Gasteiger charge is 2.59. The Kier molecular flexibility index (Phi) is 3.36. The lowest BCUT2D eigenvalue weighted by Gasteiger charge is -2.43. The van der Waals surface area contributed by atoms with E-state index < -0.39 is 23.3 Å². The molecular formula is C15H16O4. The molecule has 1 aromatic carbocycles. The van der Waals surface area contributed by atoms with Gasteiger partial charge < -0.3 is 4.74 Å². The van der Waals surface area contributed by atoms with Crippen molar-refractivity contribution in [2.75, 3.05) is 0 Å². The van der Waals surface area contributed by atoms with Crippen LogP contribution in [0.15, 0.2) is 30.3 Å². The van der Waals surface area contributed by atoms with E-state index in [1.165, 1.54) is 0 Å². The predicted molar refractivity (Wildman–Crippen MR) is 68.8 cm³/mol. The number of rotatable bonds is 3. The second-order valence-electron chi connectivity index (χ2n) is 4.97. The van der Waals surface area contributed by atoms with Gasteiger partial charge in [-0.2, -0.15) is 0 Å². The van der Waals surface area contributed by atoms with Crippen molar-refractivity contribution in [2.24, 2.45) is 0 Å². The summed E-state index contributed by atoms with van der Waals surface area (Å²) in [7, 11) is 0. The Morgan fingerprint density at radius 1 is 1.42 bits per heavy atom. The molecule has 1 heterocycles. The van der Waals surface area contributed by atoms with Gasteiger partial charge >= 0.3 is 5.97 Å². The largest absolute Gasteiger partial charge is 0.444 e. The summed E-state index contributed by atoms with van der Waals surface area (Å²) in [6.07, 6.45) is 4.90. The normalized spacial score (nSPS) is 26.1. The number of esters is 1. The van der Waals surface area contributed by atoms with Crippen molar-refractivity contribution in [1.29, 1.82) is 0 Å². The molecule has 1 aliphatic rings. The molecule has 1 fully saturated rings. The van der Waals surface area contributed by atoms with E-state index in [4.69, 9.17) is 20.9 Å². The van der Waals surface area contributed by atoms with Gasteiger partial charge in [0.05, 0.1) is 0 Å². The second-order valence-corrected chi connectivity index (χ2v) is 4.97. The Bertz CT molecular complexity index is 515. The number of carbonyl (C=O) groups excluding carboxylic acids is 1. The van der Waals surface area contributed by atoms with Gasteiger partial charge in [0.2, 0.25) is 0 Å². The summed E-state index contributed by atoms with van der Waals surface area (Å²) in [4.78, 5) is 22.5. The number of terminal acetylenes is 1. The third-order valence-electron chi connectivity index (χ3n) is 3.10. The first-order valence-electron chi connectivity index (χ1n) is 6.03. The third-order valence-corrected chi connectivity index (χ3v) is 3.10. The number of ether oxygens (including phenoxy) is 1. The summed E-state index contributed by atoms with van der Waals surface area (Å²) in [6.45, 7) is 5.04. The Labute approximate surface area is 112 Å². The molecule has 0 spiro atoms. The molecular weight excluding hydrogens is 244 g/mol. The molecule has 0 N–H and O–H groups in total. The molecule has 1 aromatic rings. The number of carbonyl (C=O) groups is 1. The smallest absolute Gasteiger partial charge is 0.350 e. The number of hydrogen-bond acceptors (Lipinski definition) is 4. The molecule has 1 aliphatic heterocycles. The van der Waals surface area contributed by atoms with Crippen LogP contribution in [0.3, 0.4) is 0 Å². The van der Waals surface area contributed by atoms with Gasteiger partial charge in [0.15, 0.2) is 5.60 Å². The van der Waals surface area contributed by atoms with E-state index in [0.29, 0.717) is 5.56 Å². The van der Waals surface area contributed by atoms with Crippen molar-refractivity contribution in [3.8, 4) is 12.3 Å². The van der Waals surface area contributed by atoms with Crippen molar-refractivity contribution in [3.63, 3.8) is 0 Å². The standard InChI is InChI=1S/C15H16O4/c1-5-14(3,4)17-13(16)15(11(2)18-19-15)12-9-7-6-8-10-12/h1,6-11H,2-4H3. The lowest BCUT2D eigenvalue weighted by molar-refractivity contribution is -0.501. The monoisotopic (exact) mass is 260 g/mol. The fourth-order valence-corrected chi connectivity index (χ4v) is 1.86. The number of hydrogen-bond donors (Lipinski definition) is 0. The maximum absolute atomic E-state index is 12.4.